The molecule has 192 valence electrons. The number of methoxy groups -OCH3 is 1. The van der Waals surface area contributed by atoms with Crippen molar-refractivity contribution in [2.45, 2.75) is 72.0 Å². The van der Waals surface area contributed by atoms with E-state index in [1.807, 2.05) is 12.1 Å². The Balaban J connectivity index is 1.72. The van der Waals surface area contributed by atoms with Crippen LogP contribution in [0.3, 0.4) is 0 Å². The van der Waals surface area contributed by atoms with Gasteiger partial charge in [0.1, 0.15) is 11.6 Å². The number of hydrogen-bond acceptors (Lipinski definition) is 4. The monoisotopic (exact) mass is 527 g/mol. The molecular formula is C29H35Cl2N3O2. The minimum atomic E-state index is -0.510. The van der Waals surface area contributed by atoms with Crippen molar-refractivity contribution in [3.05, 3.63) is 69.5 Å². The topological polar surface area (TPSA) is 47.4 Å². The Kier molecular flexibility index (Phi) is 8.76. The molecule has 1 aromatic heterocycles. The minimum absolute atomic E-state index is 0.196. The SMILES string of the molecule is CCCCn1c(-c2c(C)cccc2C)nc(Cl)c1CN1CCCCC1c1ccc(C(=O)Cl)c(OC)c1. The van der Waals surface area contributed by atoms with E-state index in [4.69, 9.17) is 32.9 Å². The number of halogens is 2. The van der Waals surface area contributed by atoms with Crippen LogP contribution in [0.2, 0.25) is 5.15 Å². The Morgan fingerprint density at radius 3 is 2.58 bits per heavy atom. The fraction of sp³-hybridized carbons (Fsp3) is 0.448. The Morgan fingerprint density at radius 1 is 1.17 bits per heavy atom. The molecule has 1 saturated heterocycles. The summed E-state index contributed by atoms with van der Waals surface area (Å²) in [5.74, 6) is 1.47. The highest BCUT2D eigenvalue weighted by atomic mass is 35.5. The number of imidazole rings is 1. The third-order valence-electron chi connectivity index (χ3n) is 7.25. The van der Waals surface area contributed by atoms with Crippen molar-refractivity contribution in [2.75, 3.05) is 13.7 Å². The van der Waals surface area contributed by atoms with Gasteiger partial charge in [-0.25, -0.2) is 4.98 Å². The summed E-state index contributed by atoms with van der Waals surface area (Å²) in [6.45, 7) is 9.05. The molecule has 1 unspecified atom stereocenters. The Bertz CT molecular complexity index is 1220. The molecule has 1 aliphatic heterocycles. The zero-order chi connectivity index (χ0) is 25.8. The van der Waals surface area contributed by atoms with Gasteiger partial charge in [-0.1, -0.05) is 55.6 Å². The third kappa shape index (κ3) is 5.49. The van der Waals surface area contributed by atoms with Gasteiger partial charge in [-0.3, -0.25) is 9.69 Å². The fourth-order valence-electron chi connectivity index (χ4n) is 5.35. The van der Waals surface area contributed by atoms with E-state index in [1.54, 1.807) is 13.2 Å². The minimum Gasteiger partial charge on any atom is -0.496 e. The molecule has 5 nitrogen and oxygen atoms in total. The summed E-state index contributed by atoms with van der Waals surface area (Å²) in [5.41, 5.74) is 6.16. The molecule has 0 aliphatic carbocycles. The first-order valence-electron chi connectivity index (χ1n) is 12.8. The fourth-order valence-corrected chi connectivity index (χ4v) is 5.75. The van der Waals surface area contributed by atoms with E-state index in [1.165, 1.54) is 16.7 Å². The molecule has 2 aromatic carbocycles. The zero-order valence-corrected chi connectivity index (χ0v) is 23.1. The lowest BCUT2D eigenvalue weighted by Crippen LogP contribution is -2.33. The molecule has 0 spiro atoms. The first-order valence-corrected chi connectivity index (χ1v) is 13.5. The number of unbranched alkanes of at least 4 members (excludes halogenated alkanes) is 1. The normalized spacial score (nSPS) is 16.3. The summed E-state index contributed by atoms with van der Waals surface area (Å²) in [6.07, 6.45) is 5.47. The maximum atomic E-state index is 11.8. The van der Waals surface area contributed by atoms with Gasteiger partial charge in [0.25, 0.3) is 5.24 Å². The summed E-state index contributed by atoms with van der Waals surface area (Å²) in [7, 11) is 1.57. The van der Waals surface area contributed by atoms with Crippen molar-refractivity contribution < 1.29 is 9.53 Å². The smallest absolute Gasteiger partial charge is 0.256 e. The van der Waals surface area contributed by atoms with E-state index in [0.717, 1.165) is 62.3 Å². The average Bonchev–Trinajstić information content (AvgIpc) is 3.16. The van der Waals surface area contributed by atoms with Crippen LogP contribution in [0.25, 0.3) is 11.4 Å². The lowest BCUT2D eigenvalue weighted by Gasteiger charge is -2.36. The van der Waals surface area contributed by atoms with E-state index >= 15 is 0 Å². The number of rotatable bonds is 9. The predicted octanol–water partition coefficient (Wildman–Crippen LogP) is 7.74. The predicted molar refractivity (Wildman–Crippen MR) is 147 cm³/mol. The highest BCUT2D eigenvalue weighted by Crippen LogP contribution is 2.37. The molecule has 0 bridgehead atoms. The van der Waals surface area contributed by atoms with Crippen LogP contribution in [0.15, 0.2) is 36.4 Å². The van der Waals surface area contributed by atoms with Crippen molar-refractivity contribution in [2.24, 2.45) is 0 Å². The lowest BCUT2D eigenvalue weighted by atomic mass is 9.94. The van der Waals surface area contributed by atoms with Crippen LogP contribution in [0.1, 0.15) is 77.8 Å². The third-order valence-corrected chi connectivity index (χ3v) is 7.76. The van der Waals surface area contributed by atoms with Crippen molar-refractivity contribution >= 4 is 28.4 Å². The number of likely N-dealkylation sites (tertiary alicyclic amines) is 1. The van der Waals surface area contributed by atoms with Crippen molar-refractivity contribution in [1.82, 2.24) is 14.5 Å². The number of aromatic nitrogens is 2. The molecule has 7 heteroatoms. The van der Waals surface area contributed by atoms with Crippen LogP contribution in [0.4, 0.5) is 0 Å². The number of ether oxygens (including phenoxy) is 1. The van der Waals surface area contributed by atoms with Gasteiger partial charge in [-0.05, 0) is 80.1 Å². The lowest BCUT2D eigenvalue weighted by molar-refractivity contribution is 0.107. The number of carbonyl (C=O) groups is 1. The molecule has 36 heavy (non-hydrogen) atoms. The van der Waals surface area contributed by atoms with E-state index in [-0.39, 0.29) is 6.04 Å². The molecule has 0 N–H and O–H groups in total. The van der Waals surface area contributed by atoms with Gasteiger partial charge in [0.15, 0.2) is 5.15 Å². The van der Waals surface area contributed by atoms with Crippen LogP contribution >= 0.6 is 23.2 Å². The molecule has 0 amide bonds. The average molecular weight is 529 g/mol. The maximum absolute atomic E-state index is 11.8. The molecule has 1 atom stereocenters. The Morgan fingerprint density at radius 2 is 1.92 bits per heavy atom. The zero-order valence-electron chi connectivity index (χ0n) is 21.6. The number of hydrogen-bond donors (Lipinski definition) is 0. The second-order valence-corrected chi connectivity index (χ2v) is 10.4. The molecule has 4 rings (SSSR count). The van der Waals surface area contributed by atoms with Crippen LogP contribution in [0.5, 0.6) is 5.75 Å². The molecule has 0 radical (unpaired) electrons. The Labute approximate surface area is 224 Å². The molecule has 1 aliphatic rings. The van der Waals surface area contributed by atoms with E-state index in [9.17, 15) is 4.79 Å². The summed E-state index contributed by atoms with van der Waals surface area (Å²) in [4.78, 5) is 19.2. The van der Waals surface area contributed by atoms with Gasteiger partial charge in [-0.15, -0.1) is 0 Å². The molecule has 1 fully saturated rings. The quantitative estimate of drug-likeness (QED) is 0.267. The standard InChI is InChI=1S/C29H35Cl2N3O2/c1-5-6-16-34-24(27(30)32-29(34)26-19(2)10-9-11-20(26)3)18-33-15-8-7-12-23(33)21-13-14-22(28(31)35)25(17-21)36-4/h9-11,13-14,17,23H,5-8,12,15-16,18H2,1-4H3. The highest BCUT2D eigenvalue weighted by molar-refractivity contribution is 6.68. The van der Waals surface area contributed by atoms with E-state index in [0.29, 0.717) is 23.0 Å². The molecule has 2 heterocycles. The maximum Gasteiger partial charge on any atom is 0.256 e. The van der Waals surface area contributed by atoms with Gasteiger partial charge in [0.2, 0.25) is 0 Å². The summed E-state index contributed by atoms with van der Waals surface area (Å²) < 4.78 is 7.83. The number of benzene rings is 2. The van der Waals surface area contributed by atoms with E-state index < -0.39 is 5.24 Å². The molecule has 3 aromatic rings. The first kappa shape index (κ1) is 26.7. The number of piperidine rings is 1. The van der Waals surface area contributed by atoms with Gasteiger partial charge >= 0.3 is 0 Å². The summed E-state index contributed by atoms with van der Waals surface area (Å²) in [5, 5.41) is 0.0679. The second kappa shape index (κ2) is 11.8. The number of aryl methyl sites for hydroxylation is 2. The second-order valence-electron chi connectivity index (χ2n) is 9.66. The van der Waals surface area contributed by atoms with Crippen molar-refractivity contribution in [3.8, 4) is 17.1 Å². The van der Waals surface area contributed by atoms with Gasteiger partial charge < -0.3 is 9.30 Å². The summed E-state index contributed by atoms with van der Waals surface area (Å²) in [6, 6.07) is 12.3. The van der Waals surface area contributed by atoms with Crippen LogP contribution < -0.4 is 4.74 Å². The van der Waals surface area contributed by atoms with Gasteiger partial charge in [0, 0.05) is 24.7 Å². The molecular weight excluding hydrogens is 493 g/mol. The van der Waals surface area contributed by atoms with Crippen LogP contribution in [0, 0.1) is 13.8 Å². The highest BCUT2D eigenvalue weighted by Gasteiger charge is 2.28. The van der Waals surface area contributed by atoms with Gasteiger partial charge in [-0.2, -0.15) is 0 Å². The van der Waals surface area contributed by atoms with Crippen LogP contribution in [-0.4, -0.2) is 33.3 Å². The number of carbonyl (C=O) groups excluding carboxylic acids is 1. The summed E-state index contributed by atoms with van der Waals surface area (Å²) >= 11 is 12.6. The van der Waals surface area contributed by atoms with Crippen molar-refractivity contribution in [1.29, 1.82) is 0 Å². The largest absolute Gasteiger partial charge is 0.496 e. The number of nitrogens with zero attached hydrogens (tertiary/aromatic N) is 3. The van der Waals surface area contributed by atoms with Crippen LogP contribution in [-0.2, 0) is 13.1 Å². The van der Waals surface area contributed by atoms with Gasteiger partial charge in [0.05, 0.1) is 18.4 Å². The van der Waals surface area contributed by atoms with Crippen molar-refractivity contribution in [3.63, 3.8) is 0 Å². The Hall–Kier alpha value is -2.34. The first-order chi connectivity index (χ1) is 17.3. The molecule has 0 saturated carbocycles. The van der Waals surface area contributed by atoms with E-state index in [2.05, 4.69) is 48.4 Å².